The molecule has 6 heteroatoms. The Kier molecular flexibility index (Phi) is 6.18. The lowest BCUT2D eigenvalue weighted by Gasteiger charge is -2.07. The summed E-state index contributed by atoms with van der Waals surface area (Å²) in [6, 6.07) is 20.8. The van der Waals surface area contributed by atoms with Crippen molar-refractivity contribution >= 4 is 56.6 Å². The first-order valence-corrected chi connectivity index (χ1v) is 9.47. The second-order valence-electron chi connectivity index (χ2n) is 6.05. The predicted molar refractivity (Wildman–Crippen MR) is 117 cm³/mol. The molecule has 3 aromatic carbocycles. The van der Waals surface area contributed by atoms with E-state index >= 15 is 0 Å². The van der Waals surface area contributed by atoms with Crippen LogP contribution in [0, 0.1) is 3.57 Å². The lowest BCUT2D eigenvalue weighted by atomic mass is 10.0. The summed E-state index contributed by atoms with van der Waals surface area (Å²) in [5, 5.41) is 8.73. The molecule has 5 nitrogen and oxygen atoms in total. The minimum atomic E-state index is -0.302. The fourth-order valence-corrected chi connectivity index (χ4v) is 3.22. The van der Waals surface area contributed by atoms with Crippen molar-refractivity contribution in [2.75, 3.05) is 5.32 Å². The van der Waals surface area contributed by atoms with E-state index in [-0.39, 0.29) is 18.2 Å². The van der Waals surface area contributed by atoms with Gasteiger partial charge in [0.05, 0.1) is 6.42 Å². The van der Waals surface area contributed by atoms with Crippen LogP contribution in [0.3, 0.4) is 0 Å². The molecule has 27 heavy (non-hydrogen) atoms. The smallest absolute Gasteiger partial charge is 0.271 e. The van der Waals surface area contributed by atoms with Crippen LogP contribution in [0.4, 0.5) is 5.69 Å². The lowest BCUT2D eigenvalue weighted by Crippen LogP contribution is -2.21. The van der Waals surface area contributed by atoms with Crippen LogP contribution in [0.5, 0.6) is 0 Å². The molecule has 0 spiro atoms. The number of carbonyl (C=O) groups is 2. The number of fused-ring (bicyclic) bond motifs is 1. The summed E-state index contributed by atoms with van der Waals surface area (Å²) in [5.41, 5.74) is 4.34. The molecule has 0 bridgehead atoms. The third-order valence-corrected chi connectivity index (χ3v) is 4.58. The van der Waals surface area contributed by atoms with Crippen molar-refractivity contribution < 1.29 is 9.59 Å². The summed E-state index contributed by atoms with van der Waals surface area (Å²) in [5.74, 6) is -0.484. The maximum Gasteiger partial charge on any atom is 0.271 e. The van der Waals surface area contributed by atoms with E-state index in [1.807, 2.05) is 60.7 Å². The van der Waals surface area contributed by atoms with Gasteiger partial charge in [0.15, 0.2) is 0 Å². The van der Waals surface area contributed by atoms with Gasteiger partial charge in [-0.25, -0.2) is 5.43 Å². The molecular weight excluding hydrogens is 453 g/mol. The van der Waals surface area contributed by atoms with Crippen molar-refractivity contribution in [2.24, 2.45) is 5.10 Å². The first kappa shape index (κ1) is 19.0. The maximum atomic E-state index is 12.5. The molecule has 0 saturated heterocycles. The SMILES string of the molecule is CC(CC(=O)Nc1cccc(I)c1)=NNC(=O)c1cccc2ccccc12. The van der Waals surface area contributed by atoms with Crippen LogP contribution in [0.15, 0.2) is 71.8 Å². The van der Waals surface area contributed by atoms with Gasteiger partial charge in [-0.15, -0.1) is 0 Å². The van der Waals surface area contributed by atoms with E-state index in [9.17, 15) is 9.59 Å². The highest BCUT2D eigenvalue weighted by atomic mass is 127. The highest BCUT2D eigenvalue weighted by Gasteiger charge is 2.10. The summed E-state index contributed by atoms with van der Waals surface area (Å²) in [6.07, 6.45) is 0.0985. The Bertz CT molecular complexity index is 1030. The van der Waals surface area contributed by atoms with Crippen molar-refractivity contribution in [1.82, 2.24) is 5.43 Å². The third kappa shape index (κ3) is 5.13. The Morgan fingerprint density at radius 2 is 1.74 bits per heavy atom. The van der Waals surface area contributed by atoms with Crippen molar-refractivity contribution in [1.29, 1.82) is 0 Å². The van der Waals surface area contributed by atoms with Gasteiger partial charge in [0.2, 0.25) is 5.91 Å². The minimum absolute atomic E-state index is 0.0985. The van der Waals surface area contributed by atoms with Crippen LogP contribution in [-0.4, -0.2) is 17.5 Å². The molecule has 3 rings (SSSR count). The Morgan fingerprint density at radius 3 is 2.56 bits per heavy atom. The number of nitrogens with one attached hydrogen (secondary N) is 2. The van der Waals surface area contributed by atoms with Crippen LogP contribution in [0.25, 0.3) is 10.8 Å². The van der Waals surface area contributed by atoms with E-state index in [4.69, 9.17) is 0 Å². The van der Waals surface area contributed by atoms with Crippen molar-refractivity contribution in [2.45, 2.75) is 13.3 Å². The number of benzene rings is 3. The number of rotatable bonds is 5. The summed E-state index contributed by atoms with van der Waals surface area (Å²) in [7, 11) is 0. The number of hydrogen-bond donors (Lipinski definition) is 2. The molecule has 0 saturated carbocycles. The quantitative estimate of drug-likeness (QED) is 0.325. The molecule has 0 aliphatic heterocycles. The van der Waals surface area contributed by atoms with Crippen LogP contribution in [0.2, 0.25) is 0 Å². The zero-order chi connectivity index (χ0) is 19.2. The van der Waals surface area contributed by atoms with Crippen LogP contribution < -0.4 is 10.7 Å². The monoisotopic (exact) mass is 471 g/mol. The highest BCUT2D eigenvalue weighted by Crippen LogP contribution is 2.18. The van der Waals surface area contributed by atoms with Gasteiger partial charge < -0.3 is 5.32 Å². The van der Waals surface area contributed by atoms with Gasteiger partial charge in [0, 0.05) is 20.5 Å². The molecule has 136 valence electrons. The zero-order valence-corrected chi connectivity index (χ0v) is 16.9. The number of hydrazone groups is 1. The lowest BCUT2D eigenvalue weighted by molar-refractivity contribution is -0.115. The molecule has 0 radical (unpaired) electrons. The van der Waals surface area contributed by atoms with E-state index in [2.05, 4.69) is 38.4 Å². The Labute approximate surface area is 171 Å². The van der Waals surface area contributed by atoms with E-state index in [1.54, 1.807) is 13.0 Å². The van der Waals surface area contributed by atoms with Crippen LogP contribution in [-0.2, 0) is 4.79 Å². The first-order chi connectivity index (χ1) is 13.0. The highest BCUT2D eigenvalue weighted by molar-refractivity contribution is 14.1. The van der Waals surface area contributed by atoms with E-state index in [0.717, 1.165) is 20.0 Å². The fourth-order valence-electron chi connectivity index (χ4n) is 2.67. The molecule has 0 aliphatic carbocycles. The molecule has 3 aromatic rings. The molecule has 0 atom stereocenters. The fraction of sp³-hybridized carbons (Fsp3) is 0.0952. The number of hydrogen-bond acceptors (Lipinski definition) is 3. The van der Waals surface area contributed by atoms with Crippen molar-refractivity contribution in [3.05, 3.63) is 75.9 Å². The van der Waals surface area contributed by atoms with E-state index in [0.29, 0.717) is 11.3 Å². The molecule has 2 N–H and O–H groups in total. The van der Waals surface area contributed by atoms with Crippen molar-refractivity contribution in [3.8, 4) is 0 Å². The number of amides is 2. The van der Waals surface area contributed by atoms with Gasteiger partial charge in [-0.05, 0) is 64.6 Å². The van der Waals surface area contributed by atoms with Gasteiger partial charge in [-0.1, -0.05) is 42.5 Å². The summed E-state index contributed by atoms with van der Waals surface area (Å²) < 4.78 is 1.04. The standard InChI is InChI=1S/C21H18IN3O2/c1-14(12-20(26)23-17-9-5-8-16(22)13-17)24-25-21(27)19-11-4-7-15-6-2-3-10-18(15)19/h2-11,13H,12H2,1H3,(H,23,26)(H,25,27). The molecule has 0 aliphatic rings. The van der Waals surface area contributed by atoms with E-state index < -0.39 is 0 Å². The second-order valence-corrected chi connectivity index (χ2v) is 7.30. The zero-order valence-electron chi connectivity index (χ0n) is 14.7. The van der Waals surface area contributed by atoms with Crippen LogP contribution in [0.1, 0.15) is 23.7 Å². The molecular formula is C21H18IN3O2. The molecule has 2 amide bonds. The largest absolute Gasteiger partial charge is 0.326 e. The summed E-state index contributed by atoms with van der Waals surface area (Å²) >= 11 is 2.19. The van der Waals surface area contributed by atoms with Gasteiger partial charge in [-0.3, -0.25) is 9.59 Å². The number of anilines is 1. The van der Waals surface area contributed by atoms with Gasteiger partial charge in [0.1, 0.15) is 0 Å². The second kappa shape index (κ2) is 8.77. The van der Waals surface area contributed by atoms with E-state index in [1.165, 1.54) is 0 Å². The predicted octanol–water partition coefficient (Wildman–Crippen LogP) is 4.58. The molecule has 0 fully saturated rings. The number of nitrogens with zero attached hydrogens (tertiary/aromatic N) is 1. The first-order valence-electron chi connectivity index (χ1n) is 8.39. The Hall–Kier alpha value is -2.74. The Balaban J connectivity index is 1.62. The maximum absolute atomic E-state index is 12.5. The average molecular weight is 471 g/mol. The molecule has 0 aromatic heterocycles. The minimum Gasteiger partial charge on any atom is -0.326 e. The summed E-state index contributed by atoms with van der Waals surface area (Å²) in [4.78, 5) is 24.6. The van der Waals surface area contributed by atoms with Crippen molar-refractivity contribution in [3.63, 3.8) is 0 Å². The normalized spacial score (nSPS) is 11.3. The third-order valence-electron chi connectivity index (χ3n) is 3.91. The Morgan fingerprint density at radius 1 is 1.00 bits per heavy atom. The topological polar surface area (TPSA) is 70.6 Å². The summed E-state index contributed by atoms with van der Waals surface area (Å²) in [6.45, 7) is 1.71. The van der Waals surface area contributed by atoms with Gasteiger partial charge >= 0.3 is 0 Å². The molecule has 0 unspecified atom stereocenters. The molecule has 0 heterocycles. The van der Waals surface area contributed by atoms with Gasteiger partial charge in [0.25, 0.3) is 5.91 Å². The van der Waals surface area contributed by atoms with Gasteiger partial charge in [-0.2, -0.15) is 5.10 Å². The number of carbonyl (C=O) groups excluding carboxylic acids is 2. The van der Waals surface area contributed by atoms with Crippen LogP contribution >= 0.6 is 22.6 Å². The number of halogens is 1. The average Bonchev–Trinajstić information content (AvgIpc) is 2.65.